The Hall–Kier alpha value is -0.910. The first-order valence-electron chi connectivity index (χ1n) is 6.84. The maximum Gasteiger partial charge on any atom is 0.331 e. The predicted octanol–water partition coefficient (Wildman–Crippen LogP) is 2.61. The van der Waals surface area contributed by atoms with Crippen LogP contribution in [0.25, 0.3) is 0 Å². The summed E-state index contributed by atoms with van der Waals surface area (Å²) in [6, 6.07) is 8.13. The van der Waals surface area contributed by atoms with Crippen molar-refractivity contribution in [2.75, 3.05) is 26.8 Å². The minimum atomic E-state index is -0.415. The molecule has 1 fully saturated rings. The third-order valence-corrected chi connectivity index (χ3v) is 4.18. The first-order valence-corrected chi connectivity index (χ1v) is 7.63. The van der Waals surface area contributed by atoms with E-state index in [1.807, 2.05) is 12.1 Å². The van der Waals surface area contributed by atoms with Gasteiger partial charge in [0.2, 0.25) is 0 Å². The van der Waals surface area contributed by atoms with Crippen molar-refractivity contribution in [3.63, 3.8) is 0 Å². The Morgan fingerprint density at radius 2 is 2.25 bits per heavy atom. The normalized spacial score (nSPS) is 23.1. The van der Waals surface area contributed by atoms with Gasteiger partial charge in [0, 0.05) is 4.47 Å². The van der Waals surface area contributed by atoms with E-state index in [0.717, 1.165) is 42.4 Å². The molecule has 1 unspecified atom stereocenters. The average Bonchev–Trinajstić information content (AvgIpc) is 2.71. The number of nitrogens with one attached hydrogen (secondary N) is 1. The summed E-state index contributed by atoms with van der Waals surface area (Å²) >= 11 is 3.50. The lowest BCUT2D eigenvalue weighted by Crippen LogP contribution is -2.33. The van der Waals surface area contributed by atoms with Crippen LogP contribution >= 0.6 is 15.9 Å². The minimum absolute atomic E-state index is 0.0109. The molecule has 0 bridgehead atoms. The van der Waals surface area contributed by atoms with Gasteiger partial charge >= 0.3 is 5.97 Å². The van der Waals surface area contributed by atoms with Crippen molar-refractivity contribution in [2.45, 2.75) is 24.9 Å². The van der Waals surface area contributed by atoms with Crippen molar-refractivity contribution >= 4 is 21.9 Å². The smallest absolute Gasteiger partial charge is 0.331 e. The second kappa shape index (κ2) is 7.20. The molecule has 5 heteroatoms. The second-order valence-corrected chi connectivity index (χ2v) is 5.89. The highest BCUT2D eigenvalue weighted by Crippen LogP contribution is 2.36. The molecule has 0 saturated carbocycles. The van der Waals surface area contributed by atoms with Gasteiger partial charge in [-0.2, -0.15) is 0 Å². The Labute approximate surface area is 128 Å². The summed E-state index contributed by atoms with van der Waals surface area (Å²) in [6.45, 7) is 1.86. The SMILES string of the molecule is COC(=O)COC1(c2cccc(Br)c2)CCCNCC1. The number of halogens is 1. The second-order valence-electron chi connectivity index (χ2n) is 4.97. The fraction of sp³-hybridized carbons (Fsp3) is 0.533. The van der Waals surface area contributed by atoms with Crippen LogP contribution < -0.4 is 5.32 Å². The number of hydrogen-bond donors (Lipinski definition) is 1. The Morgan fingerprint density at radius 1 is 1.40 bits per heavy atom. The zero-order valence-corrected chi connectivity index (χ0v) is 13.2. The molecule has 4 nitrogen and oxygen atoms in total. The standard InChI is InChI=1S/C15H20BrNO3/c1-19-14(18)11-20-15(6-3-8-17-9-7-15)12-4-2-5-13(16)10-12/h2,4-5,10,17H,3,6-9,11H2,1H3. The molecule has 0 aliphatic carbocycles. The molecule has 1 N–H and O–H groups in total. The van der Waals surface area contributed by atoms with Crippen molar-refractivity contribution in [3.05, 3.63) is 34.3 Å². The van der Waals surface area contributed by atoms with E-state index in [1.165, 1.54) is 7.11 Å². The van der Waals surface area contributed by atoms with Crippen molar-refractivity contribution in [1.82, 2.24) is 5.32 Å². The molecule has 0 aromatic heterocycles. The quantitative estimate of drug-likeness (QED) is 0.855. The van der Waals surface area contributed by atoms with Crippen LogP contribution in [-0.2, 0) is 19.9 Å². The number of benzene rings is 1. The van der Waals surface area contributed by atoms with E-state index in [9.17, 15) is 4.79 Å². The van der Waals surface area contributed by atoms with Gasteiger partial charge < -0.3 is 14.8 Å². The topological polar surface area (TPSA) is 47.6 Å². The van der Waals surface area contributed by atoms with E-state index in [0.29, 0.717) is 0 Å². The van der Waals surface area contributed by atoms with Gasteiger partial charge in [0.25, 0.3) is 0 Å². The third-order valence-electron chi connectivity index (χ3n) is 3.68. The lowest BCUT2D eigenvalue weighted by Gasteiger charge is -2.33. The maximum absolute atomic E-state index is 11.4. The van der Waals surface area contributed by atoms with Gasteiger partial charge in [-0.15, -0.1) is 0 Å². The number of carbonyl (C=O) groups is 1. The summed E-state index contributed by atoms with van der Waals surface area (Å²) in [7, 11) is 1.38. The number of ether oxygens (including phenoxy) is 2. The highest BCUT2D eigenvalue weighted by molar-refractivity contribution is 9.10. The molecular weight excluding hydrogens is 322 g/mol. The van der Waals surface area contributed by atoms with Gasteiger partial charge in [0.05, 0.1) is 12.7 Å². The zero-order chi connectivity index (χ0) is 14.4. The first kappa shape index (κ1) is 15.5. The number of carbonyl (C=O) groups excluding carboxylic acids is 1. The molecule has 110 valence electrons. The van der Waals surface area contributed by atoms with E-state index >= 15 is 0 Å². The molecule has 1 saturated heterocycles. The molecule has 1 aromatic carbocycles. The number of rotatable bonds is 4. The van der Waals surface area contributed by atoms with Crippen LogP contribution in [0.3, 0.4) is 0 Å². The molecule has 1 heterocycles. The Bertz CT molecular complexity index is 456. The van der Waals surface area contributed by atoms with Crippen LogP contribution in [0.15, 0.2) is 28.7 Å². The van der Waals surface area contributed by atoms with E-state index in [4.69, 9.17) is 4.74 Å². The van der Waals surface area contributed by atoms with Crippen LogP contribution in [0.4, 0.5) is 0 Å². The first-order chi connectivity index (χ1) is 9.66. The lowest BCUT2D eigenvalue weighted by atomic mass is 9.86. The molecule has 0 radical (unpaired) electrons. The fourth-order valence-electron chi connectivity index (χ4n) is 2.58. The molecule has 2 rings (SSSR count). The summed E-state index contributed by atoms with van der Waals surface area (Å²) in [6.07, 6.45) is 2.77. The van der Waals surface area contributed by atoms with E-state index < -0.39 is 5.60 Å². The minimum Gasteiger partial charge on any atom is -0.467 e. The van der Waals surface area contributed by atoms with Gasteiger partial charge in [0.1, 0.15) is 6.61 Å². The summed E-state index contributed by atoms with van der Waals surface area (Å²) in [4.78, 5) is 11.4. The van der Waals surface area contributed by atoms with Crippen LogP contribution in [0, 0.1) is 0 Å². The fourth-order valence-corrected chi connectivity index (χ4v) is 2.98. The van der Waals surface area contributed by atoms with Crippen LogP contribution in [0.2, 0.25) is 0 Å². The predicted molar refractivity (Wildman–Crippen MR) is 80.5 cm³/mol. The van der Waals surface area contributed by atoms with Gasteiger partial charge in [-0.1, -0.05) is 28.1 Å². The van der Waals surface area contributed by atoms with Crippen LogP contribution in [0.5, 0.6) is 0 Å². The maximum atomic E-state index is 11.4. The number of hydrogen-bond acceptors (Lipinski definition) is 4. The largest absolute Gasteiger partial charge is 0.467 e. The highest BCUT2D eigenvalue weighted by atomic mass is 79.9. The molecule has 1 aliphatic rings. The summed E-state index contributed by atoms with van der Waals surface area (Å²) in [5, 5.41) is 3.38. The summed E-state index contributed by atoms with van der Waals surface area (Å²) in [5.41, 5.74) is 0.695. The lowest BCUT2D eigenvalue weighted by molar-refractivity contribution is -0.155. The molecule has 20 heavy (non-hydrogen) atoms. The van der Waals surface area contributed by atoms with Crippen molar-refractivity contribution in [2.24, 2.45) is 0 Å². The summed E-state index contributed by atoms with van der Waals surface area (Å²) < 4.78 is 11.7. The number of methoxy groups -OCH3 is 1. The Morgan fingerprint density at radius 3 is 3.00 bits per heavy atom. The van der Waals surface area contributed by atoms with Crippen molar-refractivity contribution < 1.29 is 14.3 Å². The molecule has 0 spiro atoms. The van der Waals surface area contributed by atoms with Gasteiger partial charge in [-0.3, -0.25) is 0 Å². The average molecular weight is 342 g/mol. The van der Waals surface area contributed by atoms with Crippen molar-refractivity contribution in [3.8, 4) is 0 Å². The van der Waals surface area contributed by atoms with E-state index in [1.54, 1.807) is 0 Å². The molecule has 1 atom stereocenters. The van der Waals surface area contributed by atoms with Gasteiger partial charge in [-0.05, 0) is 50.0 Å². The zero-order valence-electron chi connectivity index (χ0n) is 11.7. The molecule has 1 aromatic rings. The highest BCUT2D eigenvalue weighted by Gasteiger charge is 2.34. The van der Waals surface area contributed by atoms with Crippen LogP contribution in [0.1, 0.15) is 24.8 Å². The summed E-state index contributed by atoms with van der Waals surface area (Å²) in [5.74, 6) is -0.337. The monoisotopic (exact) mass is 341 g/mol. The number of esters is 1. The van der Waals surface area contributed by atoms with Gasteiger partial charge in [0.15, 0.2) is 0 Å². The van der Waals surface area contributed by atoms with E-state index in [-0.39, 0.29) is 12.6 Å². The molecule has 1 aliphatic heterocycles. The molecular formula is C15H20BrNO3. The Balaban J connectivity index is 2.24. The van der Waals surface area contributed by atoms with Gasteiger partial charge in [-0.25, -0.2) is 4.79 Å². The van der Waals surface area contributed by atoms with Crippen LogP contribution in [-0.4, -0.2) is 32.8 Å². The molecule has 0 amide bonds. The Kier molecular flexibility index (Phi) is 5.57. The van der Waals surface area contributed by atoms with E-state index in [2.05, 4.69) is 38.1 Å². The third kappa shape index (κ3) is 3.81. The van der Waals surface area contributed by atoms with Crippen molar-refractivity contribution in [1.29, 1.82) is 0 Å².